The summed E-state index contributed by atoms with van der Waals surface area (Å²) in [6.07, 6.45) is 1.54. The van der Waals surface area contributed by atoms with Gasteiger partial charge in [-0.25, -0.2) is 0 Å². The number of carbonyl (C=O) groups is 1. The summed E-state index contributed by atoms with van der Waals surface area (Å²) in [5.74, 6) is -0.195. The summed E-state index contributed by atoms with van der Waals surface area (Å²) in [7, 11) is 0. The van der Waals surface area contributed by atoms with E-state index in [1.165, 1.54) is 6.07 Å². The maximum atomic E-state index is 11.5. The lowest BCUT2D eigenvalue weighted by Gasteiger charge is -2.11. The molecule has 0 aliphatic rings. The van der Waals surface area contributed by atoms with E-state index in [0.29, 0.717) is 28.6 Å². The maximum Gasteiger partial charge on any atom is 0.318 e. The fourth-order valence-electron chi connectivity index (χ4n) is 1.74. The highest BCUT2D eigenvalue weighted by molar-refractivity contribution is 6.32. The number of hydrogen-bond acceptors (Lipinski definition) is 5. The Hall–Kier alpha value is -2.18. The number of nitrogens with two attached hydrogens (primary N) is 1. The van der Waals surface area contributed by atoms with Gasteiger partial charge >= 0.3 is 5.91 Å². The van der Waals surface area contributed by atoms with Crippen molar-refractivity contribution in [1.29, 1.82) is 0 Å². The number of hydrogen-bond donors (Lipinski definition) is 2. The highest BCUT2D eigenvalue weighted by Gasteiger charge is 2.15. The molecular formula is C13H12ClN3O3. The Kier molecular flexibility index (Phi) is 4.49. The molecule has 0 saturated carbocycles. The second-order valence-electron chi connectivity index (χ2n) is 4.02. The molecule has 0 radical (unpaired) electrons. The minimum atomic E-state index is -0.877. The zero-order valence-electron chi connectivity index (χ0n) is 10.4. The van der Waals surface area contributed by atoms with Crippen LogP contribution in [-0.2, 0) is 13.1 Å². The Labute approximate surface area is 119 Å². The number of amides is 1. The van der Waals surface area contributed by atoms with Gasteiger partial charge in [-0.1, -0.05) is 11.6 Å². The zero-order valence-corrected chi connectivity index (χ0v) is 11.2. The topological polar surface area (TPSA) is 97.7 Å². The molecule has 0 saturated heterocycles. The highest BCUT2D eigenvalue weighted by atomic mass is 35.5. The highest BCUT2D eigenvalue weighted by Crippen LogP contribution is 2.26. The van der Waals surface area contributed by atoms with Crippen molar-refractivity contribution in [2.24, 2.45) is 10.9 Å². The normalized spacial score (nSPS) is 10.3. The summed E-state index contributed by atoms with van der Waals surface area (Å²) in [5.41, 5.74) is 6.64. The number of furan rings is 1. The van der Waals surface area contributed by atoms with Crippen LogP contribution in [0.2, 0.25) is 5.02 Å². The largest absolute Gasteiger partial charge is 0.467 e. The van der Waals surface area contributed by atoms with Crippen molar-refractivity contribution in [3.05, 3.63) is 57.3 Å². The van der Waals surface area contributed by atoms with Crippen molar-refractivity contribution < 1.29 is 9.21 Å². The van der Waals surface area contributed by atoms with E-state index in [1.54, 1.807) is 24.5 Å². The van der Waals surface area contributed by atoms with Gasteiger partial charge in [-0.15, -0.1) is 4.91 Å². The first-order valence-electron chi connectivity index (χ1n) is 5.82. The molecule has 1 heterocycles. The van der Waals surface area contributed by atoms with E-state index in [9.17, 15) is 9.70 Å². The standard InChI is InChI=1S/C13H12ClN3O3/c14-11-5-12(16-7-9-2-1-3-20-9)10(13(18)17-19)4-8(11)6-15/h1-5,16H,6-7,15H2. The smallest absolute Gasteiger partial charge is 0.318 e. The van der Waals surface area contributed by atoms with E-state index in [0.717, 1.165) is 0 Å². The molecule has 20 heavy (non-hydrogen) atoms. The van der Waals surface area contributed by atoms with Gasteiger partial charge in [0, 0.05) is 22.4 Å². The van der Waals surface area contributed by atoms with Gasteiger partial charge < -0.3 is 15.5 Å². The van der Waals surface area contributed by atoms with E-state index >= 15 is 0 Å². The SMILES string of the molecule is NCc1cc(C(=O)N=O)c(NCc2ccco2)cc1Cl. The molecule has 6 nitrogen and oxygen atoms in total. The Morgan fingerprint density at radius 1 is 1.45 bits per heavy atom. The lowest BCUT2D eigenvalue weighted by Crippen LogP contribution is -2.08. The van der Waals surface area contributed by atoms with Gasteiger partial charge in [-0.2, -0.15) is 0 Å². The summed E-state index contributed by atoms with van der Waals surface area (Å²) in [4.78, 5) is 22.0. The monoisotopic (exact) mass is 293 g/mol. The number of carbonyl (C=O) groups excluding carboxylic acids is 1. The van der Waals surface area contributed by atoms with E-state index in [1.807, 2.05) is 0 Å². The molecule has 0 fully saturated rings. The molecule has 0 unspecified atom stereocenters. The first-order valence-corrected chi connectivity index (χ1v) is 6.20. The lowest BCUT2D eigenvalue weighted by atomic mass is 10.1. The van der Waals surface area contributed by atoms with Crippen LogP contribution in [0.3, 0.4) is 0 Å². The molecule has 0 aliphatic heterocycles. The first kappa shape index (κ1) is 14.2. The van der Waals surface area contributed by atoms with Crippen LogP contribution < -0.4 is 11.1 Å². The zero-order chi connectivity index (χ0) is 14.5. The number of rotatable bonds is 5. The summed E-state index contributed by atoms with van der Waals surface area (Å²) in [6, 6.07) is 6.55. The average molecular weight is 294 g/mol. The summed E-state index contributed by atoms with van der Waals surface area (Å²) in [5, 5.41) is 5.83. The van der Waals surface area contributed by atoms with Gasteiger partial charge in [0.2, 0.25) is 0 Å². The fraction of sp³-hybridized carbons (Fsp3) is 0.154. The minimum Gasteiger partial charge on any atom is -0.467 e. The Morgan fingerprint density at radius 3 is 2.85 bits per heavy atom. The third-order valence-corrected chi connectivity index (χ3v) is 3.10. The molecule has 0 bridgehead atoms. The summed E-state index contributed by atoms with van der Waals surface area (Å²) < 4.78 is 5.17. The van der Waals surface area contributed by atoms with Crippen molar-refractivity contribution in [3.63, 3.8) is 0 Å². The van der Waals surface area contributed by atoms with Gasteiger partial charge in [0.05, 0.1) is 18.4 Å². The van der Waals surface area contributed by atoms with Gasteiger partial charge in [0.1, 0.15) is 5.76 Å². The second kappa shape index (κ2) is 6.31. The van der Waals surface area contributed by atoms with Crippen LogP contribution in [0.5, 0.6) is 0 Å². The van der Waals surface area contributed by atoms with Crippen molar-refractivity contribution in [2.75, 3.05) is 5.32 Å². The van der Waals surface area contributed by atoms with Crippen LogP contribution in [0.25, 0.3) is 0 Å². The van der Waals surface area contributed by atoms with Crippen LogP contribution in [0, 0.1) is 4.91 Å². The van der Waals surface area contributed by atoms with Crippen molar-refractivity contribution in [2.45, 2.75) is 13.1 Å². The van der Waals surface area contributed by atoms with Gasteiger partial charge in [0.15, 0.2) is 0 Å². The van der Waals surface area contributed by atoms with E-state index < -0.39 is 5.91 Å². The number of nitrogens with zero attached hydrogens (tertiary/aromatic N) is 1. The average Bonchev–Trinajstić information content (AvgIpc) is 2.97. The predicted octanol–water partition coefficient (Wildman–Crippen LogP) is 2.91. The Morgan fingerprint density at radius 2 is 2.25 bits per heavy atom. The molecule has 104 valence electrons. The number of benzene rings is 1. The van der Waals surface area contributed by atoms with Gasteiger partial charge in [0.25, 0.3) is 0 Å². The molecule has 0 aliphatic carbocycles. The molecule has 1 aromatic carbocycles. The van der Waals surface area contributed by atoms with E-state index in [-0.39, 0.29) is 12.1 Å². The molecule has 1 amide bonds. The van der Waals surface area contributed by atoms with Crippen molar-refractivity contribution in [1.82, 2.24) is 0 Å². The summed E-state index contributed by atoms with van der Waals surface area (Å²) in [6.45, 7) is 0.515. The number of nitrogens with one attached hydrogen (secondary N) is 1. The van der Waals surface area contributed by atoms with Crippen molar-refractivity contribution >= 4 is 23.2 Å². The quantitative estimate of drug-likeness (QED) is 0.826. The maximum absolute atomic E-state index is 11.5. The third-order valence-electron chi connectivity index (χ3n) is 2.75. The van der Waals surface area contributed by atoms with Crippen LogP contribution in [0.15, 0.2) is 40.1 Å². The first-order chi connectivity index (χ1) is 9.65. The van der Waals surface area contributed by atoms with Crippen LogP contribution >= 0.6 is 11.6 Å². The molecule has 3 N–H and O–H groups in total. The fourth-order valence-corrected chi connectivity index (χ4v) is 1.98. The number of nitroso groups, excluding NO2 is 1. The number of halogens is 1. The summed E-state index contributed by atoms with van der Waals surface area (Å²) >= 11 is 6.05. The minimum absolute atomic E-state index is 0.136. The lowest BCUT2D eigenvalue weighted by molar-refractivity contribution is 0.100. The third kappa shape index (κ3) is 3.04. The predicted molar refractivity (Wildman–Crippen MR) is 75.5 cm³/mol. The Balaban J connectivity index is 2.31. The Bertz CT molecular complexity index is 626. The molecule has 2 rings (SSSR count). The molecule has 0 spiro atoms. The molecule has 2 aromatic rings. The van der Waals surface area contributed by atoms with Crippen molar-refractivity contribution in [3.8, 4) is 0 Å². The van der Waals surface area contributed by atoms with Gasteiger partial charge in [-0.3, -0.25) is 4.79 Å². The molecule has 1 aromatic heterocycles. The molecule has 0 atom stereocenters. The second-order valence-corrected chi connectivity index (χ2v) is 4.43. The van der Waals surface area contributed by atoms with Crippen LogP contribution in [0.1, 0.15) is 21.7 Å². The molecular weight excluding hydrogens is 282 g/mol. The van der Waals surface area contributed by atoms with Crippen LogP contribution in [-0.4, -0.2) is 5.91 Å². The molecule has 7 heteroatoms. The van der Waals surface area contributed by atoms with E-state index in [2.05, 4.69) is 10.5 Å². The van der Waals surface area contributed by atoms with E-state index in [4.69, 9.17) is 21.8 Å². The van der Waals surface area contributed by atoms with Gasteiger partial charge in [-0.05, 0) is 29.8 Å². The van der Waals surface area contributed by atoms with Crippen LogP contribution in [0.4, 0.5) is 5.69 Å². The number of anilines is 1.